The third-order valence-corrected chi connectivity index (χ3v) is 5.57. The van der Waals surface area contributed by atoms with E-state index >= 15 is 0 Å². The molecule has 12 nitrogen and oxygen atoms in total. The van der Waals surface area contributed by atoms with Crippen LogP contribution in [0.5, 0.6) is 23.0 Å². The topological polar surface area (TPSA) is 211 Å². The third kappa shape index (κ3) is 6.78. The van der Waals surface area contributed by atoms with E-state index in [0.29, 0.717) is 11.1 Å². The van der Waals surface area contributed by atoms with Gasteiger partial charge < -0.3 is 45.2 Å². The van der Waals surface area contributed by atoms with Crippen molar-refractivity contribution < 1.29 is 59.6 Å². The number of aliphatic hydroxyl groups excluding tert-OH is 1. The zero-order valence-electron chi connectivity index (χ0n) is 19.1. The SMILES string of the molecule is O=C(/C=C/c1ccc(O)c(O)c1)OC1C[C@@](O)(C(=O)O)C[C@@H](O)[C@@H]1OC(=O)/C=C/c1ccc(O)c(O)c1. The van der Waals surface area contributed by atoms with Crippen molar-refractivity contribution in [2.75, 3.05) is 0 Å². The Morgan fingerprint density at radius 3 is 1.73 bits per heavy atom. The summed E-state index contributed by atoms with van der Waals surface area (Å²) in [5.41, 5.74) is -1.82. The molecule has 4 atom stereocenters. The number of aliphatic carboxylic acids is 1. The van der Waals surface area contributed by atoms with Crippen molar-refractivity contribution in [3.05, 3.63) is 59.7 Å². The summed E-state index contributed by atoms with van der Waals surface area (Å²) in [7, 11) is 0. The van der Waals surface area contributed by atoms with Crippen LogP contribution in [-0.2, 0) is 23.9 Å². The third-order valence-electron chi connectivity index (χ3n) is 5.57. The molecule has 0 aliphatic heterocycles. The van der Waals surface area contributed by atoms with Gasteiger partial charge in [-0.3, -0.25) is 0 Å². The van der Waals surface area contributed by atoms with Gasteiger partial charge in [0.15, 0.2) is 34.7 Å². The number of carbonyl (C=O) groups excluding carboxylic acids is 2. The number of benzene rings is 2. The Hall–Kier alpha value is -4.55. The smallest absolute Gasteiger partial charge is 0.335 e. The number of rotatable bonds is 7. The van der Waals surface area contributed by atoms with Gasteiger partial charge in [-0.15, -0.1) is 0 Å². The molecule has 0 bridgehead atoms. The normalized spacial score (nSPS) is 23.7. The van der Waals surface area contributed by atoms with Gasteiger partial charge in [0.2, 0.25) is 0 Å². The van der Waals surface area contributed by atoms with E-state index in [1.165, 1.54) is 42.5 Å². The van der Waals surface area contributed by atoms with Crippen LogP contribution in [0.25, 0.3) is 12.2 Å². The fourth-order valence-corrected chi connectivity index (χ4v) is 3.66. The first kappa shape index (κ1) is 27.0. The van der Waals surface area contributed by atoms with Crippen molar-refractivity contribution >= 4 is 30.1 Å². The molecule has 37 heavy (non-hydrogen) atoms. The molecular formula is C25H24O12. The molecule has 1 saturated carbocycles. The summed E-state index contributed by atoms with van der Waals surface area (Å²) in [6.45, 7) is 0. The summed E-state index contributed by atoms with van der Waals surface area (Å²) in [6, 6.07) is 7.50. The van der Waals surface area contributed by atoms with Crippen LogP contribution in [-0.4, -0.2) is 77.6 Å². The van der Waals surface area contributed by atoms with E-state index in [1.54, 1.807) is 0 Å². The highest BCUT2D eigenvalue weighted by atomic mass is 16.6. The van der Waals surface area contributed by atoms with Crippen LogP contribution in [0.3, 0.4) is 0 Å². The Kier molecular flexibility index (Phi) is 8.05. The summed E-state index contributed by atoms with van der Waals surface area (Å²) in [6.07, 6.45) is -1.86. The van der Waals surface area contributed by atoms with E-state index in [-0.39, 0.29) is 11.5 Å². The average Bonchev–Trinajstić information content (AvgIpc) is 2.82. The molecule has 196 valence electrons. The zero-order chi connectivity index (χ0) is 27.3. The average molecular weight is 516 g/mol. The van der Waals surface area contributed by atoms with Crippen LogP contribution >= 0.6 is 0 Å². The van der Waals surface area contributed by atoms with Crippen LogP contribution in [0, 0.1) is 0 Å². The van der Waals surface area contributed by atoms with Gasteiger partial charge in [-0.2, -0.15) is 0 Å². The second kappa shape index (κ2) is 11.0. The van der Waals surface area contributed by atoms with Crippen molar-refractivity contribution in [3.8, 4) is 23.0 Å². The molecule has 0 radical (unpaired) electrons. The number of carbonyl (C=O) groups is 3. The molecule has 2 aromatic carbocycles. The predicted molar refractivity (Wildman–Crippen MR) is 125 cm³/mol. The number of aliphatic hydroxyl groups is 2. The second-order valence-corrected chi connectivity index (χ2v) is 8.35. The molecule has 0 amide bonds. The van der Waals surface area contributed by atoms with Gasteiger partial charge >= 0.3 is 17.9 Å². The number of ether oxygens (including phenoxy) is 2. The lowest BCUT2D eigenvalue weighted by Crippen LogP contribution is -2.58. The molecule has 1 aliphatic rings. The highest BCUT2D eigenvalue weighted by Gasteiger charge is 2.52. The van der Waals surface area contributed by atoms with Crippen molar-refractivity contribution in [2.45, 2.75) is 36.8 Å². The van der Waals surface area contributed by atoms with Crippen LogP contribution in [0.4, 0.5) is 0 Å². The maximum absolute atomic E-state index is 12.4. The summed E-state index contributed by atoms with van der Waals surface area (Å²) < 4.78 is 10.4. The Morgan fingerprint density at radius 1 is 0.784 bits per heavy atom. The number of esters is 2. The molecule has 3 rings (SSSR count). The molecule has 0 saturated heterocycles. The van der Waals surface area contributed by atoms with E-state index in [4.69, 9.17) is 9.47 Å². The van der Waals surface area contributed by atoms with Crippen LogP contribution in [0.2, 0.25) is 0 Å². The molecule has 1 unspecified atom stereocenters. The predicted octanol–water partition coefficient (Wildman–Crippen LogP) is 1.03. The molecule has 12 heteroatoms. The first-order chi connectivity index (χ1) is 17.4. The molecule has 1 aliphatic carbocycles. The number of phenolic OH excluding ortho intramolecular Hbond substituents is 4. The van der Waals surface area contributed by atoms with Crippen LogP contribution in [0.1, 0.15) is 24.0 Å². The summed E-state index contributed by atoms with van der Waals surface area (Å²) in [5.74, 6) is -5.29. The maximum atomic E-state index is 12.4. The quantitative estimate of drug-likeness (QED) is 0.156. The Morgan fingerprint density at radius 2 is 1.27 bits per heavy atom. The molecule has 1 fully saturated rings. The fraction of sp³-hybridized carbons (Fsp3) is 0.240. The first-order valence-corrected chi connectivity index (χ1v) is 10.8. The lowest BCUT2D eigenvalue weighted by atomic mass is 9.79. The van der Waals surface area contributed by atoms with Gasteiger partial charge in [0.1, 0.15) is 6.10 Å². The second-order valence-electron chi connectivity index (χ2n) is 8.35. The van der Waals surface area contributed by atoms with Crippen LogP contribution in [0.15, 0.2) is 48.6 Å². The van der Waals surface area contributed by atoms with E-state index in [0.717, 1.165) is 18.2 Å². The minimum absolute atomic E-state index is 0.311. The van der Waals surface area contributed by atoms with Gasteiger partial charge in [-0.05, 0) is 47.5 Å². The Labute approximate surface area is 209 Å². The minimum atomic E-state index is -2.46. The monoisotopic (exact) mass is 516 g/mol. The lowest BCUT2D eigenvalue weighted by Gasteiger charge is -2.40. The highest BCUT2D eigenvalue weighted by molar-refractivity contribution is 5.88. The molecule has 0 spiro atoms. The van der Waals surface area contributed by atoms with Crippen molar-refractivity contribution in [3.63, 3.8) is 0 Å². The minimum Gasteiger partial charge on any atom is -0.504 e. The van der Waals surface area contributed by atoms with Crippen LogP contribution < -0.4 is 0 Å². The standard InChI is InChI=1S/C25H24O12/c26-15-5-1-13(9-17(15)28)3-7-21(31)36-20-12-25(35,24(33)34)11-19(30)23(20)37-22(32)8-4-14-2-6-16(27)18(29)10-14/h1-10,19-20,23,26-30,35H,11-12H2,(H,33,34)/b7-3+,8-4+/t19-,20?,23+,25-/m1/s1. The van der Waals surface area contributed by atoms with Gasteiger partial charge in [-0.1, -0.05) is 12.1 Å². The molecule has 0 aromatic heterocycles. The van der Waals surface area contributed by atoms with E-state index in [2.05, 4.69) is 0 Å². The van der Waals surface area contributed by atoms with Crippen molar-refractivity contribution in [1.29, 1.82) is 0 Å². The van der Waals surface area contributed by atoms with Gasteiger partial charge in [0, 0.05) is 25.0 Å². The molecule has 0 heterocycles. The van der Waals surface area contributed by atoms with E-state index in [9.17, 15) is 50.1 Å². The first-order valence-electron chi connectivity index (χ1n) is 10.8. The summed E-state index contributed by atoms with van der Waals surface area (Å²) >= 11 is 0. The lowest BCUT2D eigenvalue weighted by molar-refractivity contribution is -0.204. The van der Waals surface area contributed by atoms with E-state index in [1.807, 2.05) is 0 Å². The number of hydrogen-bond acceptors (Lipinski definition) is 11. The Balaban J connectivity index is 1.75. The number of carboxylic acid groups (broad SMARTS) is 1. The Bertz CT molecular complexity index is 1250. The van der Waals surface area contributed by atoms with Crippen molar-refractivity contribution in [1.82, 2.24) is 0 Å². The number of phenols is 4. The van der Waals surface area contributed by atoms with Gasteiger partial charge in [0.05, 0.1) is 6.10 Å². The fourth-order valence-electron chi connectivity index (χ4n) is 3.66. The molecule has 2 aromatic rings. The summed E-state index contributed by atoms with van der Waals surface area (Å²) in [5, 5.41) is 68.0. The number of hydrogen-bond donors (Lipinski definition) is 7. The van der Waals surface area contributed by atoms with Crippen molar-refractivity contribution in [2.24, 2.45) is 0 Å². The number of carboxylic acids is 1. The maximum Gasteiger partial charge on any atom is 0.335 e. The van der Waals surface area contributed by atoms with Gasteiger partial charge in [0.25, 0.3) is 0 Å². The summed E-state index contributed by atoms with van der Waals surface area (Å²) in [4.78, 5) is 36.3. The largest absolute Gasteiger partial charge is 0.504 e. The highest BCUT2D eigenvalue weighted by Crippen LogP contribution is 2.33. The zero-order valence-corrected chi connectivity index (χ0v) is 19.1. The molecule has 7 N–H and O–H groups in total. The number of aromatic hydroxyl groups is 4. The molecular weight excluding hydrogens is 492 g/mol. The van der Waals surface area contributed by atoms with E-state index < -0.39 is 66.2 Å². The van der Waals surface area contributed by atoms with Gasteiger partial charge in [-0.25, -0.2) is 14.4 Å².